The molecule has 1 aliphatic rings. The van der Waals surface area contributed by atoms with E-state index in [4.69, 9.17) is 9.97 Å². The zero-order chi connectivity index (χ0) is 22.8. The molecule has 1 aromatic heterocycles. The van der Waals surface area contributed by atoms with Gasteiger partial charge in [0.2, 0.25) is 5.91 Å². The van der Waals surface area contributed by atoms with E-state index in [9.17, 15) is 4.79 Å². The molecule has 168 valence electrons. The number of amides is 1. The molecule has 1 aromatic carbocycles. The summed E-state index contributed by atoms with van der Waals surface area (Å²) in [6, 6.07) is 8.36. The van der Waals surface area contributed by atoms with Crippen LogP contribution in [0.3, 0.4) is 0 Å². The lowest BCUT2D eigenvalue weighted by atomic mass is 9.84. The van der Waals surface area contributed by atoms with Gasteiger partial charge in [-0.2, -0.15) is 0 Å². The number of benzene rings is 1. The molecular formula is C26H38N4O. The number of carbonyl (C=O) groups excluding carboxylic acids is 1. The minimum Gasteiger partial charge on any atom is -0.353 e. The number of hydrogen-bond acceptors (Lipinski definition) is 4. The van der Waals surface area contributed by atoms with Gasteiger partial charge in [-0.15, -0.1) is 0 Å². The third kappa shape index (κ3) is 6.05. The van der Waals surface area contributed by atoms with E-state index in [2.05, 4.69) is 77.6 Å². The molecule has 5 nitrogen and oxygen atoms in total. The van der Waals surface area contributed by atoms with Crippen LogP contribution < -0.4 is 4.90 Å². The Bertz CT molecular complexity index is 906. The first-order chi connectivity index (χ1) is 14.5. The van der Waals surface area contributed by atoms with E-state index < -0.39 is 0 Å². The molecule has 2 heterocycles. The van der Waals surface area contributed by atoms with Crippen LogP contribution in [-0.4, -0.2) is 47.0 Å². The zero-order valence-electron chi connectivity index (χ0n) is 20.3. The number of anilines is 1. The molecule has 1 fully saturated rings. The van der Waals surface area contributed by atoms with Crippen molar-refractivity contribution in [2.24, 2.45) is 11.3 Å². The summed E-state index contributed by atoms with van der Waals surface area (Å²) in [4.78, 5) is 26.8. The summed E-state index contributed by atoms with van der Waals surface area (Å²) in [6.07, 6.45) is 1.71. The van der Waals surface area contributed by atoms with E-state index in [-0.39, 0.29) is 11.3 Å². The summed E-state index contributed by atoms with van der Waals surface area (Å²) in [7, 11) is 0. The van der Waals surface area contributed by atoms with Crippen LogP contribution in [-0.2, 0) is 4.79 Å². The Hall–Kier alpha value is -2.43. The average Bonchev–Trinajstić information content (AvgIpc) is 2.69. The van der Waals surface area contributed by atoms with Gasteiger partial charge in [-0.25, -0.2) is 9.97 Å². The maximum Gasteiger partial charge on any atom is 0.222 e. The Labute approximate surface area is 187 Å². The van der Waals surface area contributed by atoms with Crippen molar-refractivity contribution in [2.45, 2.75) is 61.3 Å². The van der Waals surface area contributed by atoms with Gasteiger partial charge in [0.25, 0.3) is 0 Å². The van der Waals surface area contributed by atoms with Crippen LogP contribution in [0.4, 0.5) is 5.82 Å². The fourth-order valence-electron chi connectivity index (χ4n) is 4.47. The van der Waals surface area contributed by atoms with Crippen molar-refractivity contribution in [2.75, 3.05) is 31.1 Å². The number of hydrogen-bond donors (Lipinski definition) is 0. The molecular weight excluding hydrogens is 384 g/mol. The van der Waals surface area contributed by atoms with Gasteiger partial charge in [-0.3, -0.25) is 4.79 Å². The maximum absolute atomic E-state index is 12.8. The van der Waals surface area contributed by atoms with Crippen molar-refractivity contribution in [3.05, 3.63) is 41.1 Å². The lowest BCUT2D eigenvalue weighted by Crippen LogP contribution is -2.49. The Morgan fingerprint density at radius 2 is 1.61 bits per heavy atom. The van der Waals surface area contributed by atoms with Crippen LogP contribution in [0.2, 0.25) is 0 Å². The quantitative estimate of drug-likeness (QED) is 0.666. The standard InChI is InChI=1S/C26H38N4O/c1-18-8-10-22(11-9-18)24-27-21(4)20(3)25(28-24)30-14-12-29(13-15-30)23(31)16-19(2)17-26(5,6)7/h8-11,19H,12-17H2,1-7H3/t19-/m1/s1. The summed E-state index contributed by atoms with van der Waals surface area (Å²) in [6.45, 7) is 18.3. The molecule has 0 N–H and O–H groups in total. The topological polar surface area (TPSA) is 49.3 Å². The highest BCUT2D eigenvalue weighted by Crippen LogP contribution is 2.28. The minimum atomic E-state index is 0.260. The summed E-state index contributed by atoms with van der Waals surface area (Å²) < 4.78 is 0. The second-order valence-electron chi connectivity index (χ2n) is 10.4. The molecule has 0 unspecified atom stereocenters. The molecule has 0 spiro atoms. The van der Waals surface area contributed by atoms with E-state index in [0.717, 1.165) is 61.1 Å². The molecule has 1 aliphatic heterocycles. The van der Waals surface area contributed by atoms with Crippen molar-refractivity contribution in [1.82, 2.24) is 14.9 Å². The minimum absolute atomic E-state index is 0.260. The monoisotopic (exact) mass is 422 g/mol. The summed E-state index contributed by atoms with van der Waals surface area (Å²) >= 11 is 0. The molecule has 2 aromatic rings. The third-order valence-electron chi connectivity index (χ3n) is 6.09. The Balaban J connectivity index is 1.68. The summed E-state index contributed by atoms with van der Waals surface area (Å²) in [5.41, 5.74) is 4.65. The van der Waals surface area contributed by atoms with E-state index in [1.807, 2.05) is 4.90 Å². The lowest BCUT2D eigenvalue weighted by molar-refractivity contribution is -0.132. The molecule has 1 saturated heterocycles. The van der Waals surface area contributed by atoms with Crippen molar-refractivity contribution < 1.29 is 4.79 Å². The fourth-order valence-corrected chi connectivity index (χ4v) is 4.47. The van der Waals surface area contributed by atoms with Crippen LogP contribution in [0.5, 0.6) is 0 Å². The Kier molecular flexibility index (Phi) is 7.03. The van der Waals surface area contributed by atoms with Crippen LogP contribution in [0.15, 0.2) is 24.3 Å². The number of piperazine rings is 1. The van der Waals surface area contributed by atoms with E-state index in [1.165, 1.54) is 5.56 Å². The molecule has 0 saturated carbocycles. The highest BCUT2D eigenvalue weighted by Gasteiger charge is 2.26. The SMILES string of the molecule is Cc1ccc(-c2nc(C)c(C)c(N3CCN(C(=O)C[C@@H](C)CC(C)(C)C)CC3)n2)cc1. The molecule has 1 amide bonds. The third-order valence-corrected chi connectivity index (χ3v) is 6.09. The van der Waals surface area contributed by atoms with Gasteiger partial charge in [0.1, 0.15) is 5.82 Å². The average molecular weight is 423 g/mol. The Morgan fingerprint density at radius 1 is 1.00 bits per heavy atom. The van der Waals surface area contributed by atoms with E-state index >= 15 is 0 Å². The van der Waals surface area contributed by atoms with Gasteiger partial charge >= 0.3 is 0 Å². The van der Waals surface area contributed by atoms with Crippen LogP contribution in [0, 0.1) is 32.1 Å². The molecule has 0 aliphatic carbocycles. The van der Waals surface area contributed by atoms with Crippen LogP contribution in [0.25, 0.3) is 11.4 Å². The second kappa shape index (κ2) is 9.37. The second-order valence-corrected chi connectivity index (χ2v) is 10.4. The van der Waals surface area contributed by atoms with Gasteiger partial charge in [-0.05, 0) is 38.5 Å². The lowest BCUT2D eigenvalue weighted by Gasteiger charge is -2.37. The molecule has 3 rings (SSSR count). The number of aryl methyl sites for hydroxylation is 2. The number of rotatable bonds is 5. The summed E-state index contributed by atoms with van der Waals surface area (Å²) in [5, 5.41) is 0. The molecule has 0 radical (unpaired) electrons. The highest BCUT2D eigenvalue weighted by atomic mass is 16.2. The van der Waals surface area contributed by atoms with E-state index in [1.54, 1.807) is 0 Å². The molecule has 1 atom stereocenters. The smallest absolute Gasteiger partial charge is 0.222 e. The largest absolute Gasteiger partial charge is 0.353 e. The number of nitrogens with zero attached hydrogens (tertiary/aromatic N) is 4. The fraction of sp³-hybridized carbons (Fsp3) is 0.577. The van der Waals surface area contributed by atoms with Gasteiger partial charge in [0, 0.05) is 49.4 Å². The number of carbonyl (C=O) groups is 1. The maximum atomic E-state index is 12.8. The van der Waals surface area contributed by atoms with Crippen molar-refractivity contribution >= 4 is 11.7 Å². The first-order valence-electron chi connectivity index (χ1n) is 11.5. The predicted octanol–water partition coefficient (Wildman–Crippen LogP) is 5.18. The van der Waals surface area contributed by atoms with Crippen LogP contribution in [0.1, 0.15) is 57.4 Å². The zero-order valence-corrected chi connectivity index (χ0v) is 20.3. The van der Waals surface area contributed by atoms with Crippen LogP contribution >= 0.6 is 0 Å². The summed E-state index contributed by atoms with van der Waals surface area (Å²) in [5.74, 6) is 2.46. The first kappa shape index (κ1) is 23.2. The van der Waals surface area contributed by atoms with Gasteiger partial charge in [0.05, 0.1) is 0 Å². The van der Waals surface area contributed by atoms with Crippen molar-refractivity contribution in [3.8, 4) is 11.4 Å². The molecule has 0 bridgehead atoms. The van der Waals surface area contributed by atoms with Crippen molar-refractivity contribution in [3.63, 3.8) is 0 Å². The van der Waals surface area contributed by atoms with E-state index in [0.29, 0.717) is 12.3 Å². The molecule has 31 heavy (non-hydrogen) atoms. The Morgan fingerprint density at radius 3 is 2.19 bits per heavy atom. The predicted molar refractivity (Wildman–Crippen MR) is 128 cm³/mol. The first-order valence-corrected chi connectivity index (χ1v) is 11.5. The normalized spacial score (nSPS) is 15.8. The van der Waals surface area contributed by atoms with Gasteiger partial charge < -0.3 is 9.80 Å². The van der Waals surface area contributed by atoms with Gasteiger partial charge in [-0.1, -0.05) is 57.5 Å². The highest BCUT2D eigenvalue weighted by molar-refractivity contribution is 5.76. The molecule has 5 heteroatoms. The van der Waals surface area contributed by atoms with Crippen molar-refractivity contribution in [1.29, 1.82) is 0 Å². The number of aromatic nitrogens is 2. The van der Waals surface area contributed by atoms with Gasteiger partial charge in [0.15, 0.2) is 5.82 Å².